The van der Waals surface area contributed by atoms with Crippen LogP contribution in [0.2, 0.25) is 0 Å². The number of benzene rings is 1. The number of morpholine rings is 1. The minimum atomic E-state index is -0.350. The molecular formula is C18H28N4O3. The molecule has 1 aromatic carbocycles. The molecule has 0 radical (unpaired) electrons. The molecule has 0 unspecified atom stereocenters. The maximum absolute atomic E-state index is 13.0. The minimum absolute atomic E-state index is 0.0545. The Labute approximate surface area is 149 Å². The zero-order valence-corrected chi connectivity index (χ0v) is 15.0. The van der Waals surface area contributed by atoms with E-state index in [1.54, 1.807) is 7.11 Å². The lowest BCUT2D eigenvalue weighted by molar-refractivity contribution is -0.136. The van der Waals surface area contributed by atoms with Crippen LogP contribution >= 0.6 is 0 Å². The second kappa shape index (κ2) is 10.0. The standard InChI is InChI=1S/C18H28N4O3/c1-14(13-24-2)21-18(19)20-12-16(15-6-4-3-5-7-15)17(23)22-8-10-25-11-9-22/h3-7,14,16H,8-13H2,1-2H3,(H3,19,20,21)/t14-,16+/m1/s1. The molecule has 138 valence electrons. The number of nitrogens with two attached hydrogens (primary N) is 1. The highest BCUT2D eigenvalue weighted by Gasteiger charge is 2.27. The number of hydrogen-bond acceptors (Lipinski definition) is 4. The summed E-state index contributed by atoms with van der Waals surface area (Å²) >= 11 is 0. The summed E-state index contributed by atoms with van der Waals surface area (Å²) in [5, 5.41) is 3.06. The summed E-state index contributed by atoms with van der Waals surface area (Å²) in [5.41, 5.74) is 6.89. The van der Waals surface area contributed by atoms with Gasteiger partial charge in [-0.05, 0) is 12.5 Å². The smallest absolute Gasteiger partial charge is 0.232 e. The highest BCUT2D eigenvalue weighted by atomic mass is 16.5. The van der Waals surface area contributed by atoms with E-state index in [1.807, 2.05) is 42.2 Å². The zero-order valence-electron chi connectivity index (χ0n) is 15.0. The predicted octanol–water partition coefficient (Wildman–Crippen LogP) is 0.568. The summed E-state index contributed by atoms with van der Waals surface area (Å²) in [7, 11) is 1.64. The summed E-state index contributed by atoms with van der Waals surface area (Å²) in [6, 6.07) is 9.76. The van der Waals surface area contributed by atoms with Gasteiger partial charge >= 0.3 is 0 Å². The van der Waals surface area contributed by atoms with Crippen molar-refractivity contribution in [3.05, 3.63) is 35.9 Å². The first-order valence-electron chi connectivity index (χ1n) is 8.58. The molecular weight excluding hydrogens is 320 g/mol. The third kappa shape index (κ3) is 6.03. The van der Waals surface area contributed by atoms with Crippen LogP contribution in [0.4, 0.5) is 0 Å². The summed E-state index contributed by atoms with van der Waals surface area (Å²) in [4.78, 5) is 19.2. The second-order valence-electron chi connectivity index (χ2n) is 6.13. The van der Waals surface area contributed by atoms with Gasteiger partial charge in [-0.2, -0.15) is 0 Å². The van der Waals surface area contributed by atoms with Gasteiger partial charge in [0, 0.05) is 26.2 Å². The van der Waals surface area contributed by atoms with Gasteiger partial charge in [-0.15, -0.1) is 0 Å². The molecule has 2 rings (SSSR count). The van der Waals surface area contributed by atoms with Gasteiger partial charge in [0.2, 0.25) is 5.91 Å². The number of methoxy groups -OCH3 is 1. The van der Waals surface area contributed by atoms with Gasteiger partial charge in [0.25, 0.3) is 0 Å². The summed E-state index contributed by atoms with van der Waals surface area (Å²) < 4.78 is 10.4. The van der Waals surface area contributed by atoms with E-state index in [9.17, 15) is 4.79 Å². The van der Waals surface area contributed by atoms with Gasteiger partial charge in [0.1, 0.15) is 0 Å². The van der Waals surface area contributed by atoms with Crippen LogP contribution in [-0.4, -0.2) is 69.4 Å². The number of carbonyl (C=O) groups is 1. The van der Waals surface area contributed by atoms with Gasteiger partial charge in [-0.3, -0.25) is 9.79 Å². The van der Waals surface area contributed by atoms with Crippen LogP contribution in [0.3, 0.4) is 0 Å². The molecule has 25 heavy (non-hydrogen) atoms. The van der Waals surface area contributed by atoms with E-state index < -0.39 is 0 Å². The summed E-state index contributed by atoms with van der Waals surface area (Å²) in [6.07, 6.45) is 0. The highest BCUT2D eigenvalue weighted by Crippen LogP contribution is 2.20. The Morgan fingerprint density at radius 1 is 1.36 bits per heavy atom. The molecule has 3 N–H and O–H groups in total. The largest absolute Gasteiger partial charge is 0.383 e. The van der Waals surface area contributed by atoms with E-state index in [4.69, 9.17) is 15.2 Å². The molecule has 1 aliphatic heterocycles. The zero-order chi connectivity index (χ0) is 18.1. The number of nitrogens with one attached hydrogen (secondary N) is 1. The SMILES string of the molecule is COC[C@@H](C)NC(N)=NC[C@H](C(=O)N1CCOCC1)c1ccccc1. The molecule has 1 heterocycles. The molecule has 0 spiro atoms. The summed E-state index contributed by atoms with van der Waals surface area (Å²) in [6.45, 7) is 5.18. The quantitative estimate of drug-likeness (QED) is 0.555. The molecule has 1 fully saturated rings. The Morgan fingerprint density at radius 2 is 2.04 bits per heavy atom. The third-order valence-electron chi connectivity index (χ3n) is 4.08. The van der Waals surface area contributed by atoms with E-state index in [0.717, 1.165) is 5.56 Å². The molecule has 1 saturated heterocycles. The summed E-state index contributed by atoms with van der Waals surface area (Å²) in [5.74, 6) is 0.0358. The van der Waals surface area contributed by atoms with Crippen molar-refractivity contribution >= 4 is 11.9 Å². The average molecular weight is 348 g/mol. The number of aliphatic imine (C=N–C) groups is 1. The molecule has 0 aromatic heterocycles. The monoisotopic (exact) mass is 348 g/mol. The molecule has 2 atom stereocenters. The molecule has 7 heteroatoms. The lowest BCUT2D eigenvalue weighted by Gasteiger charge is -2.30. The van der Waals surface area contributed by atoms with Crippen LogP contribution in [0.25, 0.3) is 0 Å². The van der Waals surface area contributed by atoms with Gasteiger partial charge < -0.3 is 25.4 Å². The fourth-order valence-corrected chi connectivity index (χ4v) is 2.79. The van der Waals surface area contributed by atoms with Crippen molar-refractivity contribution in [2.45, 2.75) is 18.9 Å². The number of nitrogens with zero attached hydrogens (tertiary/aromatic N) is 2. The van der Waals surface area contributed by atoms with Gasteiger partial charge in [0.05, 0.1) is 32.3 Å². The fraction of sp³-hybridized carbons (Fsp3) is 0.556. The number of amides is 1. The topological polar surface area (TPSA) is 89.2 Å². The van der Waals surface area contributed by atoms with E-state index in [2.05, 4.69) is 10.3 Å². The second-order valence-corrected chi connectivity index (χ2v) is 6.13. The Morgan fingerprint density at radius 3 is 2.68 bits per heavy atom. The first-order valence-corrected chi connectivity index (χ1v) is 8.58. The van der Waals surface area contributed by atoms with E-state index >= 15 is 0 Å². The first kappa shape index (κ1) is 19.2. The van der Waals surface area contributed by atoms with Crippen LogP contribution < -0.4 is 11.1 Å². The Hall–Kier alpha value is -2.12. The average Bonchev–Trinajstić information content (AvgIpc) is 2.63. The Kier molecular flexibility index (Phi) is 7.69. The van der Waals surface area contributed by atoms with Crippen LogP contribution in [0, 0.1) is 0 Å². The lowest BCUT2D eigenvalue weighted by Crippen LogP contribution is -2.44. The van der Waals surface area contributed by atoms with Crippen molar-refractivity contribution in [3.8, 4) is 0 Å². The molecule has 1 aromatic rings. The Balaban J connectivity index is 2.08. The first-order chi connectivity index (χ1) is 12.1. The van der Waals surface area contributed by atoms with Gasteiger partial charge in [0.15, 0.2) is 5.96 Å². The number of rotatable bonds is 7. The van der Waals surface area contributed by atoms with Crippen molar-refractivity contribution in [1.82, 2.24) is 10.2 Å². The maximum atomic E-state index is 13.0. The number of guanidine groups is 1. The predicted molar refractivity (Wildman–Crippen MR) is 97.5 cm³/mol. The van der Waals surface area contributed by atoms with Crippen molar-refractivity contribution < 1.29 is 14.3 Å². The maximum Gasteiger partial charge on any atom is 0.232 e. The van der Waals surface area contributed by atoms with Crippen LogP contribution in [0.5, 0.6) is 0 Å². The number of carbonyl (C=O) groups excluding carboxylic acids is 1. The van der Waals surface area contributed by atoms with Crippen molar-refractivity contribution in [2.24, 2.45) is 10.7 Å². The van der Waals surface area contributed by atoms with Crippen LogP contribution in [0.15, 0.2) is 35.3 Å². The third-order valence-corrected chi connectivity index (χ3v) is 4.08. The highest BCUT2D eigenvalue weighted by molar-refractivity contribution is 5.85. The van der Waals surface area contributed by atoms with E-state index in [-0.39, 0.29) is 17.9 Å². The van der Waals surface area contributed by atoms with E-state index in [0.29, 0.717) is 45.4 Å². The molecule has 7 nitrogen and oxygen atoms in total. The molecule has 0 aliphatic carbocycles. The molecule has 1 amide bonds. The molecule has 1 aliphatic rings. The molecule has 0 saturated carbocycles. The van der Waals surface area contributed by atoms with Crippen LogP contribution in [0.1, 0.15) is 18.4 Å². The number of hydrogen-bond donors (Lipinski definition) is 2. The van der Waals surface area contributed by atoms with E-state index in [1.165, 1.54) is 0 Å². The number of ether oxygens (including phenoxy) is 2. The van der Waals surface area contributed by atoms with Crippen molar-refractivity contribution in [3.63, 3.8) is 0 Å². The van der Waals surface area contributed by atoms with Gasteiger partial charge in [-0.25, -0.2) is 0 Å². The normalized spacial score (nSPS) is 17.8. The molecule has 0 bridgehead atoms. The lowest BCUT2D eigenvalue weighted by atomic mass is 9.97. The minimum Gasteiger partial charge on any atom is -0.383 e. The Bertz CT molecular complexity index is 559. The van der Waals surface area contributed by atoms with Crippen molar-refractivity contribution in [2.75, 3.05) is 46.6 Å². The van der Waals surface area contributed by atoms with Crippen molar-refractivity contribution in [1.29, 1.82) is 0 Å². The fourth-order valence-electron chi connectivity index (χ4n) is 2.79. The van der Waals surface area contributed by atoms with Crippen LogP contribution in [-0.2, 0) is 14.3 Å². The van der Waals surface area contributed by atoms with Gasteiger partial charge in [-0.1, -0.05) is 30.3 Å².